The van der Waals surface area contributed by atoms with Gasteiger partial charge in [-0.1, -0.05) is 12.1 Å². The minimum absolute atomic E-state index is 0.0602. The monoisotopic (exact) mass is 410 g/mol. The van der Waals surface area contributed by atoms with Crippen LogP contribution in [0.3, 0.4) is 0 Å². The Morgan fingerprint density at radius 2 is 1.87 bits per heavy atom. The highest BCUT2D eigenvalue weighted by molar-refractivity contribution is 6.00. The molecule has 1 aliphatic rings. The Morgan fingerprint density at radius 3 is 2.57 bits per heavy atom. The lowest BCUT2D eigenvalue weighted by molar-refractivity contribution is -0.151. The lowest BCUT2D eigenvalue weighted by atomic mass is 10.1. The molecule has 7 heteroatoms. The molecule has 2 amide bonds. The van der Waals surface area contributed by atoms with Crippen LogP contribution in [0.1, 0.15) is 24.5 Å². The summed E-state index contributed by atoms with van der Waals surface area (Å²) in [5, 5.41) is 2.75. The Morgan fingerprint density at radius 1 is 1.13 bits per heavy atom. The summed E-state index contributed by atoms with van der Waals surface area (Å²) in [5.74, 6) is -0.991. The molecule has 158 valence electrons. The van der Waals surface area contributed by atoms with Crippen molar-refractivity contribution in [2.45, 2.75) is 27.2 Å². The van der Waals surface area contributed by atoms with Gasteiger partial charge < -0.3 is 19.7 Å². The maximum absolute atomic E-state index is 12.4. The third-order valence-corrected chi connectivity index (χ3v) is 5.14. The maximum atomic E-state index is 12.4. The Hall–Kier alpha value is -3.35. The molecule has 2 aromatic rings. The smallest absolute Gasteiger partial charge is 0.311 e. The highest BCUT2D eigenvalue weighted by Gasteiger charge is 2.36. The molecule has 1 saturated heterocycles. The summed E-state index contributed by atoms with van der Waals surface area (Å²) in [5.41, 5.74) is 3.41. The average molecular weight is 410 g/mol. The molecule has 1 atom stereocenters. The SMILES string of the molecule is CCOc1ccc(N2CC(C(=O)OCC(=O)Nc3cccc(C)c3C)CC2=O)cc1. The second kappa shape index (κ2) is 9.43. The van der Waals surface area contributed by atoms with Crippen LogP contribution in [-0.4, -0.2) is 37.5 Å². The van der Waals surface area contributed by atoms with E-state index >= 15 is 0 Å². The number of esters is 1. The van der Waals surface area contributed by atoms with Crippen molar-refractivity contribution in [1.82, 2.24) is 0 Å². The molecule has 7 nitrogen and oxygen atoms in total. The van der Waals surface area contributed by atoms with Gasteiger partial charge in [0.1, 0.15) is 5.75 Å². The molecular formula is C23H26N2O5. The summed E-state index contributed by atoms with van der Waals surface area (Å²) >= 11 is 0. The summed E-state index contributed by atoms with van der Waals surface area (Å²) < 4.78 is 10.6. The van der Waals surface area contributed by atoms with Crippen LogP contribution in [0.4, 0.5) is 11.4 Å². The normalized spacial score (nSPS) is 15.8. The Kier molecular flexibility index (Phi) is 6.72. The van der Waals surface area contributed by atoms with Gasteiger partial charge in [0.25, 0.3) is 5.91 Å². The number of rotatable bonds is 7. The molecule has 0 spiro atoms. The lowest BCUT2D eigenvalue weighted by Crippen LogP contribution is -2.28. The molecule has 0 aromatic heterocycles. The first-order chi connectivity index (χ1) is 14.4. The summed E-state index contributed by atoms with van der Waals surface area (Å²) in [6, 6.07) is 12.8. The van der Waals surface area contributed by atoms with Crippen molar-refractivity contribution in [2.75, 3.05) is 30.0 Å². The van der Waals surface area contributed by atoms with Crippen LogP contribution in [0, 0.1) is 19.8 Å². The molecule has 30 heavy (non-hydrogen) atoms. The van der Waals surface area contributed by atoms with Crippen molar-refractivity contribution in [1.29, 1.82) is 0 Å². The number of nitrogens with one attached hydrogen (secondary N) is 1. The van der Waals surface area contributed by atoms with Gasteiger partial charge in [0.2, 0.25) is 5.91 Å². The van der Waals surface area contributed by atoms with Crippen LogP contribution in [0.2, 0.25) is 0 Å². The van der Waals surface area contributed by atoms with Gasteiger partial charge in [-0.2, -0.15) is 0 Å². The first kappa shape index (κ1) is 21.4. The topological polar surface area (TPSA) is 84.9 Å². The van der Waals surface area contributed by atoms with Crippen molar-refractivity contribution >= 4 is 29.2 Å². The minimum atomic E-state index is -0.599. The van der Waals surface area contributed by atoms with E-state index in [4.69, 9.17) is 9.47 Å². The fraction of sp³-hybridized carbons (Fsp3) is 0.348. The molecule has 0 aliphatic carbocycles. The fourth-order valence-corrected chi connectivity index (χ4v) is 3.33. The summed E-state index contributed by atoms with van der Waals surface area (Å²) in [6.45, 7) is 6.17. The van der Waals surface area contributed by atoms with Gasteiger partial charge in [-0.05, 0) is 62.2 Å². The number of benzene rings is 2. The zero-order chi connectivity index (χ0) is 21.7. The van der Waals surface area contributed by atoms with Gasteiger partial charge in [-0.3, -0.25) is 14.4 Å². The van der Waals surface area contributed by atoms with E-state index in [1.165, 1.54) is 0 Å². The van der Waals surface area contributed by atoms with Crippen LogP contribution in [0.15, 0.2) is 42.5 Å². The number of carbonyl (C=O) groups is 3. The largest absolute Gasteiger partial charge is 0.494 e. The molecule has 0 bridgehead atoms. The van der Waals surface area contributed by atoms with E-state index in [0.717, 1.165) is 16.9 Å². The van der Waals surface area contributed by atoms with Gasteiger partial charge in [0, 0.05) is 24.3 Å². The second-order valence-corrected chi connectivity index (χ2v) is 7.24. The molecule has 1 N–H and O–H groups in total. The van der Waals surface area contributed by atoms with E-state index in [1.54, 1.807) is 35.2 Å². The predicted octanol–water partition coefficient (Wildman–Crippen LogP) is 3.24. The second-order valence-electron chi connectivity index (χ2n) is 7.24. The van der Waals surface area contributed by atoms with Gasteiger partial charge >= 0.3 is 5.97 Å². The Labute approximate surface area is 176 Å². The van der Waals surface area contributed by atoms with Crippen molar-refractivity contribution in [2.24, 2.45) is 5.92 Å². The highest BCUT2D eigenvalue weighted by Crippen LogP contribution is 2.27. The molecule has 1 unspecified atom stereocenters. The number of aryl methyl sites for hydroxylation is 1. The van der Waals surface area contributed by atoms with E-state index in [2.05, 4.69) is 5.32 Å². The van der Waals surface area contributed by atoms with Crippen LogP contribution in [0.25, 0.3) is 0 Å². The Balaban J connectivity index is 1.53. The Bertz CT molecular complexity index is 939. The average Bonchev–Trinajstić information content (AvgIpc) is 3.12. The van der Waals surface area contributed by atoms with E-state index < -0.39 is 17.8 Å². The van der Waals surface area contributed by atoms with Crippen LogP contribution < -0.4 is 15.0 Å². The number of carbonyl (C=O) groups excluding carboxylic acids is 3. The number of amides is 2. The zero-order valence-corrected chi connectivity index (χ0v) is 17.4. The molecule has 0 saturated carbocycles. The van der Waals surface area contributed by atoms with Crippen molar-refractivity contribution < 1.29 is 23.9 Å². The zero-order valence-electron chi connectivity index (χ0n) is 17.4. The van der Waals surface area contributed by atoms with Gasteiger partial charge in [0.05, 0.1) is 12.5 Å². The molecule has 3 rings (SSSR count). The number of anilines is 2. The molecule has 1 fully saturated rings. The minimum Gasteiger partial charge on any atom is -0.494 e. The van der Waals surface area contributed by atoms with Crippen LogP contribution >= 0.6 is 0 Å². The standard InChI is InChI=1S/C23H26N2O5/c1-4-29-19-10-8-18(9-11-19)25-13-17(12-22(25)27)23(28)30-14-21(26)24-20-7-5-6-15(2)16(20)3/h5-11,17H,4,12-14H2,1-3H3,(H,24,26). The lowest BCUT2D eigenvalue weighted by Gasteiger charge is -2.17. The summed E-state index contributed by atoms with van der Waals surface area (Å²) in [7, 11) is 0. The number of hydrogen-bond donors (Lipinski definition) is 1. The fourth-order valence-electron chi connectivity index (χ4n) is 3.33. The van der Waals surface area contributed by atoms with Gasteiger partial charge in [-0.15, -0.1) is 0 Å². The quantitative estimate of drug-likeness (QED) is 0.709. The van der Waals surface area contributed by atoms with Gasteiger partial charge in [-0.25, -0.2) is 0 Å². The highest BCUT2D eigenvalue weighted by atomic mass is 16.5. The maximum Gasteiger partial charge on any atom is 0.311 e. The van der Waals surface area contributed by atoms with Crippen molar-refractivity contribution in [3.05, 3.63) is 53.6 Å². The molecule has 0 radical (unpaired) electrons. The van der Waals surface area contributed by atoms with Crippen molar-refractivity contribution in [3.63, 3.8) is 0 Å². The van der Waals surface area contributed by atoms with E-state index in [1.807, 2.05) is 32.9 Å². The summed E-state index contributed by atoms with van der Waals surface area (Å²) in [4.78, 5) is 38.4. The van der Waals surface area contributed by atoms with Crippen molar-refractivity contribution in [3.8, 4) is 5.75 Å². The van der Waals surface area contributed by atoms with E-state index in [0.29, 0.717) is 18.0 Å². The molecular weight excluding hydrogens is 384 g/mol. The first-order valence-electron chi connectivity index (χ1n) is 9.95. The van der Waals surface area contributed by atoms with E-state index in [9.17, 15) is 14.4 Å². The molecule has 1 heterocycles. The third-order valence-electron chi connectivity index (χ3n) is 5.14. The van der Waals surface area contributed by atoms with Crippen LogP contribution in [-0.2, 0) is 19.1 Å². The van der Waals surface area contributed by atoms with Crippen LogP contribution in [0.5, 0.6) is 5.75 Å². The molecule has 2 aromatic carbocycles. The van der Waals surface area contributed by atoms with Gasteiger partial charge in [0.15, 0.2) is 6.61 Å². The van der Waals surface area contributed by atoms with E-state index in [-0.39, 0.29) is 25.5 Å². The number of hydrogen-bond acceptors (Lipinski definition) is 5. The molecule has 1 aliphatic heterocycles. The number of ether oxygens (including phenoxy) is 2. The summed E-state index contributed by atoms with van der Waals surface area (Å²) in [6.07, 6.45) is 0.0602. The first-order valence-corrected chi connectivity index (χ1v) is 9.95. The predicted molar refractivity (Wildman–Crippen MR) is 114 cm³/mol. The third kappa shape index (κ3) is 4.97. The number of nitrogens with zero attached hydrogens (tertiary/aromatic N) is 1.